The monoisotopic (exact) mass is 338 g/mol. The van der Waals surface area contributed by atoms with Crippen LogP contribution in [0.25, 0.3) is 11.4 Å². The Morgan fingerprint density at radius 1 is 1.12 bits per heavy atom. The highest BCUT2D eigenvalue weighted by Gasteiger charge is 2.14. The minimum Gasteiger partial charge on any atom is -0.497 e. The van der Waals surface area contributed by atoms with Crippen LogP contribution >= 0.6 is 0 Å². The maximum Gasteiger partial charge on any atom is 0.338 e. The van der Waals surface area contributed by atoms with Gasteiger partial charge in [0.2, 0.25) is 5.82 Å². The number of rotatable bonds is 5. The Balaban J connectivity index is 1.66. The fraction of sp³-hybridized carbons (Fsp3) is 0.211. The van der Waals surface area contributed by atoms with E-state index in [-0.39, 0.29) is 12.5 Å². The molecule has 6 nitrogen and oxygen atoms in total. The summed E-state index contributed by atoms with van der Waals surface area (Å²) in [5, 5.41) is 3.90. The highest BCUT2D eigenvalue weighted by molar-refractivity contribution is 5.91. The van der Waals surface area contributed by atoms with Crippen molar-refractivity contribution in [2.24, 2.45) is 0 Å². The van der Waals surface area contributed by atoms with Crippen molar-refractivity contribution in [3.8, 4) is 17.1 Å². The normalized spacial score (nSPS) is 10.5. The van der Waals surface area contributed by atoms with Gasteiger partial charge in [-0.05, 0) is 49.7 Å². The van der Waals surface area contributed by atoms with E-state index in [0.717, 1.165) is 22.4 Å². The summed E-state index contributed by atoms with van der Waals surface area (Å²) in [5.74, 6) is 1.00. The zero-order chi connectivity index (χ0) is 17.8. The van der Waals surface area contributed by atoms with Crippen LogP contribution in [0, 0.1) is 13.8 Å². The van der Waals surface area contributed by atoms with Crippen LogP contribution in [0.4, 0.5) is 0 Å². The molecule has 0 aliphatic rings. The Hall–Kier alpha value is -3.15. The number of ether oxygens (including phenoxy) is 2. The van der Waals surface area contributed by atoms with Crippen molar-refractivity contribution < 1.29 is 18.8 Å². The number of benzene rings is 2. The lowest BCUT2D eigenvalue weighted by Gasteiger charge is -2.05. The molecule has 25 heavy (non-hydrogen) atoms. The summed E-state index contributed by atoms with van der Waals surface area (Å²) in [6, 6.07) is 12.8. The molecule has 0 saturated heterocycles. The summed E-state index contributed by atoms with van der Waals surface area (Å²) in [6.07, 6.45) is 0. The minimum atomic E-state index is -0.415. The van der Waals surface area contributed by atoms with Crippen LogP contribution < -0.4 is 4.74 Å². The minimum absolute atomic E-state index is 0.0741. The third-order valence-electron chi connectivity index (χ3n) is 3.74. The fourth-order valence-corrected chi connectivity index (χ4v) is 2.42. The quantitative estimate of drug-likeness (QED) is 0.660. The second-order valence-corrected chi connectivity index (χ2v) is 5.63. The average molecular weight is 338 g/mol. The number of carbonyl (C=O) groups is 1. The molecule has 3 aromatic rings. The number of carbonyl (C=O) groups excluding carboxylic acids is 1. The first-order valence-electron chi connectivity index (χ1n) is 7.78. The van der Waals surface area contributed by atoms with Crippen LogP contribution in [0.5, 0.6) is 5.75 Å². The Morgan fingerprint density at radius 3 is 2.56 bits per heavy atom. The van der Waals surface area contributed by atoms with E-state index in [0.29, 0.717) is 11.4 Å². The average Bonchev–Trinajstić information content (AvgIpc) is 3.09. The Bertz CT molecular complexity index is 885. The molecular weight excluding hydrogens is 320 g/mol. The van der Waals surface area contributed by atoms with Gasteiger partial charge in [-0.15, -0.1) is 0 Å². The molecular formula is C19H18N2O4. The van der Waals surface area contributed by atoms with Gasteiger partial charge in [0.05, 0.1) is 12.7 Å². The van der Waals surface area contributed by atoms with Crippen LogP contribution in [-0.2, 0) is 11.3 Å². The van der Waals surface area contributed by atoms with Crippen molar-refractivity contribution in [1.82, 2.24) is 10.1 Å². The van der Waals surface area contributed by atoms with Crippen molar-refractivity contribution in [3.05, 3.63) is 65.0 Å². The molecule has 0 spiro atoms. The third-order valence-corrected chi connectivity index (χ3v) is 3.74. The van der Waals surface area contributed by atoms with Crippen LogP contribution in [-0.4, -0.2) is 23.2 Å². The van der Waals surface area contributed by atoms with Gasteiger partial charge in [-0.2, -0.15) is 4.98 Å². The molecule has 0 bridgehead atoms. The largest absolute Gasteiger partial charge is 0.497 e. The SMILES string of the molecule is COc1ccc(-c2noc(COC(=O)c3ccc(C)cc3C)n2)cc1. The third kappa shape index (κ3) is 3.85. The molecule has 0 unspecified atom stereocenters. The van der Waals surface area contributed by atoms with Gasteiger partial charge in [-0.1, -0.05) is 22.9 Å². The fourth-order valence-electron chi connectivity index (χ4n) is 2.42. The van der Waals surface area contributed by atoms with Gasteiger partial charge in [-0.3, -0.25) is 0 Å². The molecule has 0 saturated carbocycles. The molecule has 2 aromatic carbocycles. The number of methoxy groups -OCH3 is 1. The smallest absolute Gasteiger partial charge is 0.338 e. The van der Waals surface area contributed by atoms with E-state index in [9.17, 15) is 4.79 Å². The topological polar surface area (TPSA) is 74.5 Å². The van der Waals surface area contributed by atoms with E-state index in [2.05, 4.69) is 10.1 Å². The molecule has 0 N–H and O–H groups in total. The van der Waals surface area contributed by atoms with Crippen molar-refractivity contribution in [3.63, 3.8) is 0 Å². The standard InChI is InChI=1S/C19H18N2O4/c1-12-4-9-16(13(2)10-12)19(22)24-11-17-20-18(21-25-17)14-5-7-15(23-3)8-6-14/h4-10H,11H2,1-3H3. The molecule has 128 valence electrons. The molecule has 6 heteroatoms. The van der Waals surface area contributed by atoms with Crippen molar-refractivity contribution in [2.75, 3.05) is 7.11 Å². The summed E-state index contributed by atoms with van der Waals surface area (Å²) < 4.78 is 15.5. The Labute approximate surface area is 145 Å². The van der Waals surface area contributed by atoms with E-state index in [1.54, 1.807) is 13.2 Å². The first kappa shape index (κ1) is 16.7. The molecule has 0 aliphatic heterocycles. The number of aryl methyl sites for hydroxylation is 2. The van der Waals surface area contributed by atoms with Gasteiger partial charge < -0.3 is 14.0 Å². The number of hydrogen-bond donors (Lipinski definition) is 0. The van der Waals surface area contributed by atoms with Crippen LogP contribution in [0.2, 0.25) is 0 Å². The number of aromatic nitrogens is 2. The molecule has 0 radical (unpaired) electrons. The summed E-state index contributed by atoms with van der Waals surface area (Å²) in [7, 11) is 1.60. The summed E-state index contributed by atoms with van der Waals surface area (Å²) >= 11 is 0. The molecule has 3 rings (SSSR count). The lowest BCUT2D eigenvalue weighted by atomic mass is 10.1. The van der Waals surface area contributed by atoms with Gasteiger partial charge in [0, 0.05) is 5.56 Å². The van der Waals surface area contributed by atoms with Crippen molar-refractivity contribution in [1.29, 1.82) is 0 Å². The lowest BCUT2D eigenvalue weighted by Crippen LogP contribution is -2.07. The zero-order valence-electron chi connectivity index (χ0n) is 14.3. The molecule has 1 aromatic heterocycles. The van der Waals surface area contributed by atoms with Gasteiger partial charge >= 0.3 is 5.97 Å². The summed E-state index contributed by atoms with van der Waals surface area (Å²) in [4.78, 5) is 16.4. The molecule has 0 aliphatic carbocycles. The lowest BCUT2D eigenvalue weighted by molar-refractivity contribution is 0.0429. The van der Waals surface area contributed by atoms with Gasteiger partial charge in [0.1, 0.15) is 5.75 Å². The van der Waals surface area contributed by atoms with E-state index in [1.807, 2.05) is 50.2 Å². The molecule has 0 amide bonds. The molecule has 0 atom stereocenters. The molecule has 0 fully saturated rings. The Kier molecular flexibility index (Phi) is 4.79. The van der Waals surface area contributed by atoms with E-state index in [4.69, 9.17) is 14.0 Å². The number of hydrogen-bond acceptors (Lipinski definition) is 6. The second kappa shape index (κ2) is 7.17. The van der Waals surface area contributed by atoms with Crippen molar-refractivity contribution in [2.45, 2.75) is 20.5 Å². The predicted molar refractivity (Wildman–Crippen MR) is 91.3 cm³/mol. The Morgan fingerprint density at radius 2 is 1.88 bits per heavy atom. The maximum atomic E-state index is 12.2. The maximum absolute atomic E-state index is 12.2. The van der Waals surface area contributed by atoms with Crippen LogP contribution in [0.3, 0.4) is 0 Å². The van der Waals surface area contributed by atoms with E-state index >= 15 is 0 Å². The van der Waals surface area contributed by atoms with Crippen LogP contribution in [0.15, 0.2) is 47.0 Å². The van der Waals surface area contributed by atoms with Gasteiger partial charge in [0.25, 0.3) is 5.89 Å². The predicted octanol–water partition coefficient (Wildman–Crippen LogP) is 3.72. The summed E-state index contributed by atoms with van der Waals surface area (Å²) in [6.45, 7) is 3.77. The zero-order valence-corrected chi connectivity index (χ0v) is 14.3. The highest BCUT2D eigenvalue weighted by atomic mass is 16.6. The summed E-state index contributed by atoms with van der Waals surface area (Å²) in [5.41, 5.74) is 3.28. The second-order valence-electron chi connectivity index (χ2n) is 5.63. The first-order valence-corrected chi connectivity index (χ1v) is 7.78. The van der Waals surface area contributed by atoms with Gasteiger partial charge in [0.15, 0.2) is 6.61 Å². The van der Waals surface area contributed by atoms with Crippen molar-refractivity contribution >= 4 is 5.97 Å². The highest BCUT2D eigenvalue weighted by Crippen LogP contribution is 2.20. The van der Waals surface area contributed by atoms with E-state index in [1.165, 1.54) is 0 Å². The van der Waals surface area contributed by atoms with Gasteiger partial charge in [-0.25, -0.2) is 4.79 Å². The number of esters is 1. The number of nitrogens with zero attached hydrogens (tertiary/aromatic N) is 2. The van der Waals surface area contributed by atoms with Crippen LogP contribution in [0.1, 0.15) is 27.4 Å². The first-order chi connectivity index (χ1) is 12.1. The van der Waals surface area contributed by atoms with E-state index < -0.39 is 5.97 Å². The molecule has 1 heterocycles.